The lowest BCUT2D eigenvalue weighted by atomic mass is 9.79. The number of methoxy groups -OCH3 is 1. The number of nitrogens with zero attached hydrogens (tertiary/aromatic N) is 1. The van der Waals surface area contributed by atoms with Crippen LogP contribution in [0.3, 0.4) is 0 Å². The highest BCUT2D eigenvalue weighted by Crippen LogP contribution is 2.43. The van der Waals surface area contributed by atoms with Crippen molar-refractivity contribution in [2.24, 2.45) is 0 Å². The number of hydrogen-bond donors (Lipinski definition) is 1. The van der Waals surface area contributed by atoms with Crippen molar-refractivity contribution in [1.29, 1.82) is 0 Å². The van der Waals surface area contributed by atoms with Crippen LogP contribution in [0.1, 0.15) is 43.0 Å². The quantitative estimate of drug-likeness (QED) is 0.924. The first-order chi connectivity index (χ1) is 11.1. The third kappa shape index (κ3) is 2.95. The van der Waals surface area contributed by atoms with Crippen LogP contribution in [0.25, 0.3) is 0 Å². The lowest BCUT2D eigenvalue weighted by Crippen LogP contribution is -2.52. The van der Waals surface area contributed by atoms with Crippen molar-refractivity contribution in [3.05, 3.63) is 29.8 Å². The molecule has 3 rings (SSSR count). The Hall–Kier alpha value is -1.59. The van der Waals surface area contributed by atoms with Gasteiger partial charge in [0.05, 0.1) is 24.4 Å². The van der Waals surface area contributed by atoms with Crippen LogP contribution in [0.2, 0.25) is 0 Å². The van der Waals surface area contributed by atoms with Crippen LogP contribution in [-0.2, 0) is 4.74 Å². The van der Waals surface area contributed by atoms with E-state index in [1.807, 2.05) is 30.0 Å². The van der Waals surface area contributed by atoms with Gasteiger partial charge in [0.1, 0.15) is 5.75 Å². The number of carbonyl (C=O) groups is 1. The maximum absolute atomic E-state index is 13.0. The third-order valence-corrected chi connectivity index (χ3v) is 5.21. The fourth-order valence-electron chi connectivity index (χ4n) is 3.97. The summed E-state index contributed by atoms with van der Waals surface area (Å²) < 4.78 is 11.3. The summed E-state index contributed by atoms with van der Waals surface area (Å²) in [4.78, 5) is 14.8. The SMILES string of the molecule is CCOc1cccc(C(=O)N2CC[C@]3(OC)CC[C@@H](O)C[C@H]23)c1. The summed E-state index contributed by atoms with van der Waals surface area (Å²) in [6.45, 7) is 3.16. The summed E-state index contributed by atoms with van der Waals surface area (Å²) in [6, 6.07) is 7.25. The maximum Gasteiger partial charge on any atom is 0.254 e. The molecule has 1 aromatic carbocycles. The van der Waals surface area contributed by atoms with Crippen LogP contribution < -0.4 is 4.74 Å². The average molecular weight is 319 g/mol. The van der Waals surface area contributed by atoms with Gasteiger partial charge in [0, 0.05) is 19.2 Å². The van der Waals surface area contributed by atoms with Crippen molar-refractivity contribution in [3.8, 4) is 5.75 Å². The standard InChI is InChI=1S/C18H25NO4/c1-3-23-15-6-4-5-13(11-15)17(21)19-10-9-18(22-2)8-7-14(20)12-16(18)19/h4-6,11,14,16,20H,3,7-10,12H2,1-2H3/t14-,16+,18-/m1/s1. The molecule has 1 aromatic rings. The summed E-state index contributed by atoms with van der Waals surface area (Å²) in [5.74, 6) is 0.698. The van der Waals surface area contributed by atoms with Gasteiger partial charge in [-0.25, -0.2) is 0 Å². The van der Waals surface area contributed by atoms with Crippen LogP contribution in [0, 0.1) is 0 Å². The monoisotopic (exact) mass is 319 g/mol. The molecule has 0 aromatic heterocycles. The molecule has 23 heavy (non-hydrogen) atoms. The second kappa shape index (κ2) is 6.49. The van der Waals surface area contributed by atoms with E-state index in [4.69, 9.17) is 9.47 Å². The second-order valence-corrected chi connectivity index (χ2v) is 6.42. The molecule has 1 amide bonds. The Labute approximate surface area is 137 Å². The summed E-state index contributed by atoms with van der Waals surface area (Å²) in [6.07, 6.45) is 2.61. The predicted molar refractivity (Wildman–Crippen MR) is 86.7 cm³/mol. The fraction of sp³-hybridized carbons (Fsp3) is 0.611. The summed E-state index contributed by atoms with van der Waals surface area (Å²) in [7, 11) is 1.72. The highest BCUT2D eigenvalue weighted by atomic mass is 16.5. The minimum atomic E-state index is -0.355. The number of aliphatic hydroxyl groups excluding tert-OH is 1. The Morgan fingerprint density at radius 2 is 2.26 bits per heavy atom. The smallest absolute Gasteiger partial charge is 0.254 e. The first-order valence-electron chi connectivity index (χ1n) is 8.36. The molecule has 0 radical (unpaired) electrons. The first kappa shape index (κ1) is 16.3. The Morgan fingerprint density at radius 3 is 3.00 bits per heavy atom. The lowest BCUT2D eigenvalue weighted by Gasteiger charge is -2.42. The van der Waals surface area contributed by atoms with Gasteiger partial charge in [-0.15, -0.1) is 0 Å². The van der Waals surface area contributed by atoms with Gasteiger partial charge in [-0.1, -0.05) is 6.07 Å². The van der Waals surface area contributed by atoms with Gasteiger partial charge in [0.15, 0.2) is 0 Å². The maximum atomic E-state index is 13.0. The van der Waals surface area contributed by atoms with E-state index < -0.39 is 0 Å². The van der Waals surface area contributed by atoms with E-state index >= 15 is 0 Å². The number of benzene rings is 1. The van der Waals surface area contributed by atoms with Gasteiger partial charge < -0.3 is 19.5 Å². The zero-order valence-corrected chi connectivity index (χ0v) is 13.8. The number of rotatable bonds is 4. The molecule has 126 valence electrons. The van der Waals surface area contributed by atoms with Gasteiger partial charge in [0.2, 0.25) is 0 Å². The van der Waals surface area contributed by atoms with E-state index in [2.05, 4.69) is 0 Å². The van der Waals surface area contributed by atoms with Crippen LogP contribution in [0.15, 0.2) is 24.3 Å². The highest BCUT2D eigenvalue weighted by molar-refractivity contribution is 5.95. The van der Waals surface area contributed by atoms with Crippen LogP contribution in [0.5, 0.6) is 5.75 Å². The Morgan fingerprint density at radius 1 is 1.43 bits per heavy atom. The molecule has 1 N–H and O–H groups in total. The largest absolute Gasteiger partial charge is 0.494 e. The van der Waals surface area contributed by atoms with Crippen molar-refractivity contribution in [3.63, 3.8) is 0 Å². The Balaban J connectivity index is 1.83. The molecule has 2 fully saturated rings. The van der Waals surface area contributed by atoms with Gasteiger partial charge in [-0.3, -0.25) is 4.79 Å². The molecule has 1 heterocycles. The number of carbonyl (C=O) groups excluding carboxylic acids is 1. The van der Waals surface area contributed by atoms with E-state index in [1.165, 1.54) is 0 Å². The van der Waals surface area contributed by atoms with Gasteiger partial charge in [0.25, 0.3) is 5.91 Å². The van der Waals surface area contributed by atoms with E-state index in [0.29, 0.717) is 30.9 Å². The van der Waals surface area contributed by atoms with Crippen molar-refractivity contribution in [2.75, 3.05) is 20.3 Å². The van der Waals surface area contributed by atoms with Crippen molar-refractivity contribution in [1.82, 2.24) is 4.90 Å². The second-order valence-electron chi connectivity index (χ2n) is 6.42. The molecule has 2 aliphatic rings. The zero-order valence-electron chi connectivity index (χ0n) is 13.8. The number of ether oxygens (including phenoxy) is 2. The molecule has 0 bridgehead atoms. The van der Waals surface area contributed by atoms with E-state index in [9.17, 15) is 9.90 Å². The molecule has 1 saturated carbocycles. The van der Waals surface area contributed by atoms with Crippen molar-refractivity contribution < 1.29 is 19.4 Å². The number of fused-ring (bicyclic) bond motifs is 1. The Kier molecular flexibility index (Phi) is 4.60. The molecule has 0 unspecified atom stereocenters. The zero-order chi connectivity index (χ0) is 16.4. The Bertz CT molecular complexity index is 576. The topological polar surface area (TPSA) is 59.0 Å². The highest BCUT2D eigenvalue weighted by Gasteiger charge is 2.52. The summed E-state index contributed by atoms with van der Waals surface area (Å²) in [5, 5.41) is 10.0. The molecule has 5 heteroatoms. The number of amides is 1. The molecule has 1 aliphatic heterocycles. The first-order valence-corrected chi connectivity index (χ1v) is 8.36. The normalized spacial score (nSPS) is 30.1. The molecular formula is C18H25NO4. The van der Waals surface area contributed by atoms with E-state index in [0.717, 1.165) is 19.3 Å². The number of likely N-dealkylation sites (tertiary alicyclic amines) is 1. The number of aliphatic hydroxyl groups is 1. The van der Waals surface area contributed by atoms with Gasteiger partial charge in [-0.2, -0.15) is 0 Å². The predicted octanol–water partition coefficient (Wildman–Crippen LogP) is 2.23. The molecular weight excluding hydrogens is 294 g/mol. The number of hydrogen-bond acceptors (Lipinski definition) is 4. The molecule has 0 spiro atoms. The molecule has 1 aliphatic carbocycles. The molecule has 5 nitrogen and oxygen atoms in total. The van der Waals surface area contributed by atoms with E-state index in [-0.39, 0.29) is 23.7 Å². The summed E-state index contributed by atoms with van der Waals surface area (Å²) >= 11 is 0. The van der Waals surface area contributed by atoms with E-state index in [1.54, 1.807) is 13.2 Å². The third-order valence-electron chi connectivity index (χ3n) is 5.21. The van der Waals surface area contributed by atoms with Crippen molar-refractivity contribution >= 4 is 5.91 Å². The molecule has 1 saturated heterocycles. The average Bonchev–Trinajstić information content (AvgIpc) is 2.94. The minimum Gasteiger partial charge on any atom is -0.494 e. The molecule has 3 atom stereocenters. The minimum absolute atomic E-state index is 0.00965. The van der Waals surface area contributed by atoms with Gasteiger partial charge >= 0.3 is 0 Å². The van der Waals surface area contributed by atoms with Crippen LogP contribution >= 0.6 is 0 Å². The summed E-state index contributed by atoms with van der Waals surface area (Å²) in [5.41, 5.74) is 0.329. The fourth-order valence-corrected chi connectivity index (χ4v) is 3.97. The van der Waals surface area contributed by atoms with Crippen molar-refractivity contribution in [2.45, 2.75) is 50.4 Å². The lowest BCUT2D eigenvalue weighted by molar-refractivity contribution is -0.0824. The van der Waals surface area contributed by atoms with Crippen LogP contribution in [-0.4, -0.2) is 53.9 Å². The van der Waals surface area contributed by atoms with Crippen LogP contribution in [0.4, 0.5) is 0 Å². The van der Waals surface area contributed by atoms with Gasteiger partial charge in [-0.05, 0) is 50.8 Å².